The van der Waals surface area contributed by atoms with E-state index in [1.165, 1.54) is 0 Å². The van der Waals surface area contributed by atoms with Crippen LogP contribution in [0.3, 0.4) is 0 Å². The van der Waals surface area contributed by atoms with Crippen LogP contribution in [0.1, 0.15) is 23.0 Å². The lowest BCUT2D eigenvalue weighted by Gasteiger charge is -2.07. The Morgan fingerprint density at radius 3 is 2.56 bits per heavy atom. The van der Waals surface area contributed by atoms with E-state index in [0.717, 1.165) is 11.3 Å². The first kappa shape index (κ1) is 10.3. The van der Waals surface area contributed by atoms with Gasteiger partial charge in [0.05, 0.1) is 6.07 Å². The minimum atomic E-state index is -0.388. The van der Waals surface area contributed by atoms with Crippen molar-refractivity contribution in [2.75, 3.05) is 0 Å². The van der Waals surface area contributed by atoms with Crippen molar-refractivity contribution in [1.29, 1.82) is 5.26 Å². The van der Waals surface area contributed by atoms with E-state index in [1.54, 1.807) is 6.20 Å². The second kappa shape index (κ2) is 4.54. The molecule has 0 N–H and O–H groups in total. The molecule has 1 unspecified atom stereocenters. The monoisotopic (exact) mass is 209 g/mol. The van der Waals surface area contributed by atoms with Crippen LogP contribution in [0, 0.1) is 18.3 Å². The molecule has 0 saturated carbocycles. The van der Waals surface area contributed by atoms with Crippen LogP contribution in [0.4, 0.5) is 0 Å². The van der Waals surface area contributed by atoms with Gasteiger partial charge in [0, 0.05) is 11.9 Å². The van der Waals surface area contributed by atoms with Gasteiger partial charge >= 0.3 is 0 Å². The lowest BCUT2D eigenvalue weighted by molar-refractivity contribution is 0.874. The van der Waals surface area contributed by atoms with Crippen molar-refractivity contribution in [2.45, 2.75) is 12.8 Å². The van der Waals surface area contributed by atoms with Crippen LogP contribution in [0.25, 0.3) is 0 Å². The summed E-state index contributed by atoms with van der Waals surface area (Å²) >= 11 is 0. The van der Waals surface area contributed by atoms with Gasteiger partial charge in [0.25, 0.3) is 0 Å². The molecular weight excluding hydrogens is 198 g/mol. The molecule has 0 amide bonds. The van der Waals surface area contributed by atoms with E-state index in [-0.39, 0.29) is 5.92 Å². The molecule has 16 heavy (non-hydrogen) atoms. The van der Waals surface area contributed by atoms with Crippen LogP contribution in [-0.2, 0) is 0 Å². The molecule has 0 bridgehead atoms. The van der Waals surface area contributed by atoms with Crippen molar-refractivity contribution in [1.82, 2.24) is 9.97 Å². The zero-order valence-electron chi connectivity index (χ0n) is 8.96. The molecule has 1 aromatic heterocycles. The van der Waals surface area contributed by atoms with Crippen molar-refractivity contribution < 1.29 is 0 Å². The summed E-state index contributed by atoms with van der Waals surface area (Å²) in [7, 11) is 0. The number of aryl methyl sites for hydroxylation is 1. The lowest BCUT2D eigenvalue weighted by atomic mass is 10.00. The normalized spacial score (nSPS) is 11.8. The van der Waals surface area contributed by atoms with E-state index in [9.17, 15) is 5.26 Å². The fraction of sp³-hybridized carbons (Fsp3) is 0.154. The molecule has 3 heteroatoms. The summed E-state index contributed by atoms with van der Waals surface area (Å²) in [6, 6.07) is 13.6. The third-order valence-corrected chi connectivity index (χ3v) is 2.33. The van der Waals surface area contributed by atoms with E-state index in [0.29, 0.717) is 5.82 Å². The Morgan fingerprint density at radius 2 is 1.94 bits per heavy atom. The number of hydrogen-bond acceptors (Lipinski definition) is 3. The molecule has 2 aromatic rings. The number of aromatic nitrogens is 2. The van der Waals surface area contributed by atoms with Crippen LogP contribution in [0.5, 0.6) is 0 Å². The van der Waals surface area contributed by atoms with Gasteiger partial charge in [0.2, 0.25) is 0 Å². The molecule has 78 valence electrons. The summed E-state index contributed by atoms with van der Waals surface area (Å²) in [6.45, 7) is 1.89. The van der Waals surface area contributed by atoms with Gasteiger partial charge in [-0.25, -0.2) is 9.97 Å². The lowest BCUT2D eigenvalue weighted by Crippen LogP contribution is -2.04. The highest BCUT2D eigenvalue weighted by molar-refractivity contribution is 5.31. The van der Waals surface area contributed by atoms with Crippen molar-refractivity contribution in [3.63, 3.8) is 0 Å². The quantitative estimate of drug-likeness (QED) is 0.763. The Kier molecular flexibility index (Phi) is 2.93. The summed E-state index contributed by atoms with van der Waals surface area (Å²) in [4.78, 5) is 8.44. The van der Waals surface area contributed by atoms with Gasteiger partial charge in [0.1, 0.15) is 11.7 Å². The molecule has 2 rings (SSSR count). The van der Waals surface area contributed by atoms with E-state index < -0.39 is 0 Å². The smallest absolute Gasteiger partial charge is 0.150 e. The van der Waals surface area contributed by atoms with Gasteiger partial charge in [0.15, 0.2) is 0 Å². The molecule has 3 nitrogen and oxygen atoms in total. The molecule has 1 atom stereocenters. The number of rotatable bonds is 2. The van der Waals surface area contributed by atoms with Gasteiger partial charge in [-0.2, -0.15) is 5.26 Å². The van der Waals surface area contributed by atoms with Crippen molar-refractivity contribution in [3.05, 3.63) is 59.7 Å². The Bertz CT molecular complexity index is 514. The topological polar surface area (TPSA) is 49.6 Å². The van der Waals surface area contributed by atoms with Gasteiger partial charge in [-0.05, 0) is 18.6 Å². The Balaban J connectivity index is 2.42. The van der Waals surface area contributed by atoms with Crippen molar-refractivity contribution >= 4 is 0 Å². The van der Waals surface area contributed by atoms with Crippen LogP contribution in [0.15, 0.2) is 42.6 Å². The molecule has 1 aromatic carbocycles. The summed E-state index contributed by atoms with van der Waals surface area (Å²) in [5, 5.41) is 9.19. The average molecular weight is 209 g/mol. The van der Waals surface area contributed by atoms with Gasteiger partial charge in [-0.3, -0.25) is 0 Å². The van der Waals surface area contributed by atoms with E-state index in [4.69, 9.17) is 0 Å². The van der Waals surface area contributed by atoms with E-state index >= 15 is 0 Å². The van der Waals surface area contributed by atoms with E-state index in [2.05, 4.69) is 16.0 Å². The standard InChI is InChI=1S/C13H11N3/c1-10-7-8-15-13(16-10)12(9-14)11-5-3-2-4-6-11/h2-8,12H,1H3. The van der Waals surface area contributed by atoms with E-state index in [1.807, 2.05) is 43.3 Å². The fourth-order valence-electron chi connectivity index (χ4n) is 1.53. The highest BCUT2D eigenvalue weighted by atomic mass is 14.9. The molecule has 0 aliphatic rings. The predicted molar refractivity (Wildman–Crippen MR) is 60.7 cm³/mol. The minimum absolute atomic E-state index is 0.388. The third kappa shape index (κ3) is 2.06. The first-order valence-electron chi connectivity index (χ1n) is 5.05. The maximum Gasteiger partial charge on any atom is 0.150 e. The maximum atomic E-state index is 9.19. The summed E-state index contributed by atoms with van der Waals surface area (Å²) in [5.41, 5.74) is 1.80. The number of nitriles is 1. The molecular formula is C13H11N3. The van der Waals surface area contributed by atoms with Crippen LogP contribution in [0.2, 0.25) is 0 Å². The Hall–Kier alpha value is -2.21. The Morgan fingerprint density at radius 1 is 1.19 bits per heavy atom. The summed E-state index contributed by atoms with van der Waals surface area (Å²) in [5.74, 6) is 0.176. The second-order valence-corrected chi connectivity index (χ2v) is 3.53. The Labute approximate surface area is 94.4 Å². The highest BCUT2D eigenvalue weighted by Crippen LogP contribution is 2.20. The molecule has 0 aliphatic heterocycles. The van der Waals surface area contributed by atoms with Crippen LogP contribution >= 0.6 is 0 Å². The van der Waals surface area contributed by atoms with Crippen molar-refractivity contribution in [3.8, 4) is 6.07 Å². The molecule has 0 fully saturated rings. The first-order valence-corrected chi connectivity index (χ1v) is 5.05. The van der Waals surface area contributed by atoms with Crippen LogP contribution < -0.4 is 0 Å². The molecule has 1 heterocycles. The minimum Gasteiger partial charge on any atom is -0.240 e. The fourth-order valence-corrected chi connectivity index (χ4v) is 1.53. The number of hydrogen-bond donors (Lipinski definition) is 0. The number of nitrogens with zero attached hydrogens (tertiary/aromatic N) is 3. The second-order valence-electron chi connectivity index (χ2n) is 3.53. The van der Waals surface area contributed by atoms with Crippen LogP contribution in [-0.4, -0.2) is 9.97 Å². The predicted octanol–water partition coefficient (Wildman–Crippen LogP) is 2.44. The molecule has 0 saturated heterocycles. The largest absolute Gasteiger partial charge is 0.240 e. The molecule has 0 spiro atoms. The maximum absolute atomic E-state index is 9.19. The average Bonchev–Trinajstić information content (AvgIpc) is 2.31. The van der Waals surface area contributed by atoms with Gasteiger partial charge in [-0.1, -0.05) is 30.3 Å². The van der Waals surface area contributed by atoms with Gasteiger partial charge in [-0.15, -0.1) is 0 Å². The summed E-state index contributed by atoms with van der Waals surface area (Å²) in [6.07, 6.45) is 1.69. The zero-order valence-corrected chi connectivity index (χ0v) is 8.96. The molecule has 0 radical (unpaired) electrons. The number of benzene rings is 1. The zero-order chi connectivity index (χ0) is 11.4. The van der Waals surface area contributed by atoms with Crippen molar-refractivity contribution in [2.24, 2.45) is 0 Å². The summed E-state index contributed by atoms with van der Waals surface area (Å²) < 4.78 is 0. The third-order valence-electron chi connectivity index (χ3n) is 2.33. The SMILES string of the molecule is Cc1ccnc(C(C#N)c2ccccc2)n1. The highest BCUT2D eigenvalue weighted by Gasteiger charge is 2.15. The molecule has 0 aliphatic carbocycles. The van der Waals surface area contributed by atoms with Gasteiger partial charge < -0.3 is 0 Å². The first-order chi connectivity index (χ1) is 7.81.